The van der Waals surface area contributed by atoms with Crippen LogP contribution in [0.3, 0.4) is 0 Å². The zero-order valence-electron chi connectivity index (χ0n) is 10.6. The van der Waals surface area contributed by atoms with E-state index >= 15 is 0 Å². The Kier molecular flexibility index (Phi) is 4.51. The number of hydrogen-bond donors (Lipinski definition) is 0. The van der Waals surface area contributed by atoms with Crippen LogP contribution >= 0.6 is 34.8 Å². The molecule has 6 nitrogen and oxygen atoms in total. The van der Waals surface area contributed by atoms with Crippen molar-refractivity contribution in [1.82, 2.24) is 9.78 Å². The molecule has 2 aromatic rings. The molecule has 0 bridgehead atoms. The van der Waals surface area contributed by atoms with E-state index in [1.165, 1.54) is 24.4 Å². The van der Waals surface area contributed by atoms with Crippen LogP contribution in [0, 0.1) is 10.1 Å². The lowest BCUT2D eigenvalue weighted by Gasteiger charge is -2.09. The highest BCUT2D eigenvalue weighted by Crippen LogP contribution is 2.27. The van der Waals surface area contributed by atoms with Crippen molar-refractivity contribution >= 4 is 46.4 Å². The third-order valence-corrected chi connectivity index (χ3v) is 3.63. The van der Waals surface area contributed by atoms with Gasteiger partial charge in [-0.05, 0) is 30.0 Å². The SMILES string of the molecule is CC(C(=O)c1ccc(Cl)cc1Cl)n1cc(Cl)c([N+](=O)[O-])n1. The molecule has 2 rings (SSSR count). The molecule has 9 heteroatoms. The van der Waals surface area contributed by atoms with Crippen LogP contribution in [0.15, 0.2) is 24.4 Å². The molecule has 1 aromatic heterocycles. The average molecular weight is 349 g/mol. The van der Waals surface area contributed by atoms with E-state index in [0.29, 0.717) is 5.02 Å². The van der Waals surface area contributed by atoms with Crippen LogP contribution < -0.4 is 0 Å². The molecule has 1 unspecified atom stereocenters. The monoisotopic (exact) mass is 347 g/mol. The Morgan fingerprint density at radius 3 is 2.52 bits per heavy atom. The topological polar surface area (TPSA) is 78.0 Å². The van der Waals surface area contributed by atoms with Crippen molar-refractivity contribution in [2.75, 3.05) is 0 Å². The molecule has 0 N–H and O–H groups in total. The minimum Gasteiger partial charge on any atom is -0.358 e. The Morgan fingerprint density at radius 2 is 2.00 bits per heavy atom. The summed E-state index contributed by atoms with van der Waals surface area (Å²) in [5.41, 5.74) is 0.253. The van der Waals surface area contributed by atoms with Crippen molar-refractivity contribution in [2.45, 2.75) is 13.0 Å². The number of ketones is 1. The molecular weight excluding hydrogens is 341 g/mol. The van der Waals surface area contributed by atoms with Gasteiger partial charge in [-0.3, -0.25) is 4.79 Å². The molecule has 0 aliphatic carbocycles. The van der Waals surface area contributed by atoms with E-state index in [2.05, 4.69) is 5.10 Å². The average Bonchev–Trinajstić information content (AvgIpc) is 2.79. The number of carbonyl (C=O) groups is 1. The van der Waals surface area contributed by atoms with Crippen LogP contribution in [0.1, 0.15) is 23.3 Å². The summed E-state index contributed by atoms with van der Waals surface area (Å²) in [6, 6.07) is 3.67. The summed E-state index contributed by atoms with van der Waals surface area (Å²) in [7, 11) is 0. The van der Waals surface area contributed by atoms with Gasteiger partial charge in [0.05, 0.1) is 16.3 Å². The van der Waals surface area contributed by atoms with Gasteiger partial charge in [0.2, 0.25) is 0 Å². The van der Waals surface area contributed by atoms with E-state index in [1.54, 1.807) is 6.92 Å². The first-order chi connectivity index (χ1) is 9.81. The van der Waals surface area contributed by atoms with Gasteiger partial charge in [-0.15, -0.1) is 0 Å². The number of carbonyl (C=O) groups excluding carboxylic acids is 1. The van der Waals surface area contributed by atoms with E-state index in [4.69, 9.17) is 34.8 Å². The van der Waals surface area contributed by atoms with E-state index in [9.17, 15) is 14.9 Å². The highest BCUT2D eigenvalue weighted by Gasteiger charge is 2.27. The Morgan fingerprint density at radius 1 is 1.33 bits per heavy atom. The quantitative estimate of drug-likeness (QED) is 0.471. The first-order valence-corrected chi connectivity index (χ1v) is 6.83. The number of rotatable bonds is 4. The lowest BCUT2D eigenvalue weighted by atomic mass is 10.1. The summed E-state index contributed by atoms with van der Waals surface area (Å²) >= 11 is 17.5. The van der Waals surface area contributed by atoms with E-state index in [1.807, 2.05) is 0 Å². The second kappa shape index (κ2) is 6.01. The lowest BCUT2D eigenvalue weighted by molar-refractivity contribution is -0.389. The smallest absolute Gasteiger partial charge is 0.358 e. The number of benzene rings is 1. The van der Waals surface area contributed by atoms with Gasteiger partial charge in [0, 0.05) is 10.6 Å². The van der Waals surface area contributed by atoms with Gasteiger partial charge in [-0.25, -0.2) is 0 Å². The number of nitro groups is 1. The van der Waals surface area contributed by atoms with Crippen LogP contribution in [0.5, 0.6) is 0 Å². The molecule has 0 aliphatic rings. The molecule has 0 fully saturated rings. The maximum atomic E-state index is 12.4. The maximum absolute atomic E-state index is 12.4. The Bertz CT molecular complexity index is 730. The third kappa shape index (κ3) is 3.18. The van der Waals surface area contributed by atoms with Crippen molar-refractivity contribution in [1.29, 1.82) is 0 Å². The molecule has 1 atom stereocenters. The van der Waals surface area contributed by atoms with Crippen molar-refractivity contribution in [3.63, 3.8) is 0 Å². The number of Topliss-reactive ketones (excluding diaryl/α,β-unsaturated/α-hetero) is 1. The van der Waals surface area contributed by atoms with E-state index in [0.717, 1.165) is 4.68 Å². The lowest BCUT2D eigenvalue weighted by Crippen LogP contribution is -2.17. The van der Waals surface area contributed by atoms with Crippen molar-refractivity contribution in [2.24, 2.45) is 0 Å². The second-order valence-corrected chi connectivity index (χ2v) is 5.45. The minimum absolute atomic E-state index is 0.137. The fourth-order valence-electron chi connectivity index (χ4n) is 1.72. The zero-order chi connectivity index (χ0) is 15.7. The molecule has 0 aliphatic heterocycles. The summed E-state index contributed by atoms with van der Waals surface area (Å²) in [5, 5.41) is 14.9. The van der Waals surface area contributed by atoms with Crippen LogP contribution in [-0.2, 0) is 0 Å². The molecule has 0 radical (unpaired) electrons. The van der Waals surface area contributed by atoms with Gasteiger partial charge < -0.3 is 10.1 Å². The van der Waals surface area contributed by atoms with E-state index < -0.39 is 16.8 Å². The van der Waals surface area contributed by atoms with Crippen LogP contribution in [-0.4, -0.2) is 20.5 Å². The summed E-state index contributed by atoms with van der Waals surface area (Å²) in [6.45, 7) is 1.54. The minimum atomic E-state index is -0.796. The van der Waals surface area contributed by atoms with Crippen molar-refractivity contribution in [3.05, 3.63) is 55.1 Å². The maximum Gasteiger partial charge on any atom is 0.408 e. The number of hydrogen-bond acceptors (Lipinski definition) is 4. The standard InChI is InChI=1S/C12H8Cl3N3O3/c1-6(17-5-10(15)12(16-17)18(20)21)11(19)8-3-2-7(13)4-9(8)14/h2-6H,1H3. The normalized spacial score (nSPS) is 12.2. The first kappa shape index (κ1) is 15.8. The van der Waals surface area contributed by atoms with Gasteiger partial charge in [0.15, 0.2) is 10.8 Å². The Hall–Kier alpha value is -1.63. The number of halogens is 3. The van der Waals surface area contributed by atoms with Gasteiger partial charge in [-0.1, -0.05) is 34.8 Å². The summed E-state index contributed by atoms with van der Waals surface area (Å²) in [6.07, 6.45) is 1.23. The molecule has 0 amide bonds. The second-order valence-electron chi connectivity index (χ2n) is 4.20. The molecule has 1 heterocycles. The van der Waals surface area contributed by atoms with Crippen molar-refractivity contribution in [3.8, 4) is 0 Å². The fourth-order valence-corrected chi connectivity index (χ4v) is 2.42. The predicted octanol–water partition coefficient (Wildman–Crippen LogP) is 4.20. The van der Waals surface area contributed by atoms with Crippen LogP contribution in [0.4, 0.5) is 5.82 Å². The molecule has 0 saturated heterocycles. The molecular formula is C12H8Cl3N3O3. The van der Waals surface area contributed by atoms with Crippen LogP contribution in [0.25, 0.3) is 0 Å². The Labute approximate surface area is 134 Å². The number of aromatic nitrogens is 2. The molecule has 21 heavy (non-hydrogen) atoms. The zero-order valence-corrected chi connectivity index (χ0v) is 12.9. The molecule has 1 aromatic carbocycles. The third-order valence-electron chi connectivity index (χ3n) is 2.82. The van der Waals surface area contributed by atoms with Gasteiger partial charge in [0.1, 0.15) is 6.04 Å². The predicted molar refractivity (Wildman–Crippen MR) is 79.4 cm³/mol. The fraction of sp³-hybridized carbons (Fsp3) is 0.167. The van der Waals surface area contributed by atoms with Crippen molar-refractivity contribution < 1.29 is 9.72 Å². The van der Waals surface area contributed by atoms with E-state index in [-0.39, 0.29) is 21.4 Å². The first-order valence-electron chi connectivity index (χ1n) is 5.69. The molecule has 0 spiro atoms. The van der Waals surface area contributed by atoms with Gasteiger partial charge in [-0.2, -0.15) is 4.68 Å². The van der Waals surface area contributed by atoms with Gasteiger partial charge >= 0.3 is 5.82 Å². The summed E-state index contributed by atoms with van der Waals surface area (Å²) < 4.78 is 1.13. The summed E-state index contributed by atoms with van der Waals surface area (Å²) in [4.78, 5) is 22.4. The Balaban J connectivity index is 2.35. The molecule has 0 saturated carbocycles. The molecule has 110 valence electrons. The summed E-state index contributed by atoms with van der Waals surface area (Å²) in [5.74, 6) is -0.857. The highest BCUT2D eigenvalue weighted by molar-refractivity contribution is 6.37. The highest BCUT2D eigenvalue weighted by atomic mass is 35.5. The largest absolute Gasteiger partial charge is 0.408 e. The van der Waals surface area contributed by atoms with Gasteiger partial charge in [0.25, 0.3) is 0 Å². The number of nitrogens with zero attached hydrogens (tertiary/aromatic N) is 3. The van der Waals surface area contributed by atoms with Crippen LogP contribution in [0.2, 0.25) is 15.1 Å².